The van der Waals surface area contributed by atoms with Crippen LogP contribution in [0.3, 0.4) is 0 Å². The number of benzene rings is 3. The summed E-state index contributed by atoms with van der Waals surface area (Å²) < 4.78 is 23.7. The Labute approximate surface area is 301 Å². The highest BCUT2D eigenvalue weighted by atomic mass is 16.5. The van der Waals surface area contributed by atoms with Crippen molar-refractivity contribution < 1.29 is 48.3 Å². The zero-order valence-electron chi connectivity index (χ0n) is 29.5. The molecule has 3 N–H and O–H groups in total. The number of ketones is 1. The molecule has 2 aromatic heterocycles. The number of hydrogen-bond donors (Lipinski definition) is 3. The number of carbonyl (C=O) groups excluding carboxylic acids is 2. The summed E-state index contributed by atoms with van der Waals surface area (Å²) in [6.45, 7) is 5.59. The summed E-state index contributed by atoms with van der Waals surface area (Å²) in [6, 6.07) is 28.7. The number of carbonyl (C=O) groups is 4. The molecule has 272 valence electrons. The lowest BCUT2D eigenvalue weighted by Gasteiger charge is -2.15. The number of carboxylic acids is 2. The Morgan fingerprint density at radius 3 is 2.13 bits per heavy atom. The molecule has 2 heterocycles. The molecular formula is C40H42N2O10. The van der Waals surface area contributed by atoms with Gasteiger partial charge in [-0.3, -0.25) is 4.79 Å². The highest BCUT2D eigenvalue weighted by Gasteiger charge is 2.21. The van der Waals surface area contributed by atoms with Crippen LogP contribution in [0.4, 0.5) is 0 Å². The van der Waals surface area contributed by atoms with E-state index in [1.807, 2.05) is 65.1 Å². The second-order valence-corrected chi connectivity index (χ2v) is 11.6. The van der Waals surface area contributed by atoms with E-state index in [-0.39, 0.29) is 11.8 Å². The molecule has 0 saturated heterocycles. The van der Waals surface area contributed by atoms with Gasteiger partial charge in [-0.15, -0.1) is 0 Å². The molecule has 12 nitrogen and oxygen atoms in total. The zero-order chi connectivity index (χ0) is 37.6. The van der Waals surface area contributed by atoms with Crippen molar-refractivity contribution in [3.05, 3.63) is 120 Å². The maximum atomic E-state index is 13.9. The predicted molar refractivity (Wildman–Crippen MR) is 195 cm³/mol. The van der Waals surface area contributed by atoms with Crippen LogP contribution in [0, 0.1) is 0 Å². The van der Waals surface area contributed by atoms with Gasteiger partial charge in [0.25, 0.3) is 0 Å². The van der Waals surface area contributed by atoms with Gasteiger partial charge in [-0.2, -0.15) is 0 Å². The first-order valence-corrected chi connectivity index (χ1v) is 16.6. The molecule has 3 aromatic carbocycles. The average Bonchev–Trinajstić information content (AvgIpc) is 3.54. The molecule has 0 spiro atoms. The Hall–Kier alpha value is -6.14. The highest BCUT2D eigenvalue weighted by Crippen LogP contribution is 2.31. The van der Waals surface area contributed by atoms with Crippen molar-refractivity contribution in [3.8, 4) is 28.4 Å². The molecule has 0 bridgehead atoms. The number of nitrogens with zero attached hydrogens (tertiary/aromatic N) is 1. The molecule has 5 rings (SSSR count). The van der Waals surface area contributed by atoms with Gasteiger partial charge < -0.3 is 38.9 Å². The molecule has 1 unspecified atom stereocenters. The Morgan fingerprint density at radius 2 is 1.50 bits per heavy atom. The summed E-state index contributed by atoms with van der Waals surface area (Å²) in [5.41, 5.74) is 5.13. The number of aliphatic carboxylic acids is 2. The molecule has 0 aliphatic heterocycles. The number of nitrogens with one attached hydrogen (secondary N) is 1. The van der Waals surface area contributed by atoms with E-state index >= 15 is 0 Å². The molecular weight excluding hydrogens is 668 g/mol. The fraction of sp³-hybridized carbons (Fsp3) is 0.250. The van der Waals surface area contributed by atoms with Crippen molar-refractivity contribution in [3.63, 3.8) is 0 Å². The quantitative estimate of drug-likeness (QED) is 0.0493. The predicted octanol–water partition coefficient (Wildman–Crippen LogP) is 6.18. The molecule has 0 amide bonds. The van der Waals surface area contributed by atoms with Crippen LogP contribution in [0.25, 0.3) is 16.6 Å². The fourth-order valence-electron chi connectivity index (χ4n) is 5.47. The molecule has 0 aliphatic carbocycles. The Bertz CT molecular complexity index is 1980. The van der Waals surface area contributed by atoms with Crippen LogP contribution in [0.1, 0.15) is 52.2 Å². The molecule has 1 atom stereocenters. The normalized spacial score (nSPS) is 11.2. The maximum Gasteiger partial charge on any atom is 0.414 e. The van der Waals surface area contributed by atoms with Crippen LogP contribution in [-0.4, -0.2) is 78.3 Å². The fourth-order valence-corrected chi connectivity index (χ4v) is 5.47. The van der Waals surface area contributed by atoms with Gasteiger partial charge in [0.15, 0.2) is 11.5 Å². The lowest BCUT2D eigenvalue weighted by atomic mass is 10.0. The van der Waals surface area contributed by atoms with Crippen molar-refractivity contribution >= 4 is 29.2 Å². The first-order chi connectivity index (χ1) is 25.1. The Morgan fingerprint density at radius 1 is 0.808 bits per heavy atom. The number of carboxylic acid groups (broad SMARTS) is 2. The van der Waals surface area contributed by atoms with Gasteiger partial charge in [-0.05, 0) is 99.0 Å². The monoisotopic (exact) mass is 710 g/mol. The minimum atomic E-state index is -1.82. The van der Waals surface area contributed by atoms with Crippen LogP contribution in [0.2, 0.25) is 0 Å². The van der Waals surface area contributed by atoms with Gasteiger partial charge in [0, 0.05) is 28.9 Å². The molecule has 0 radical (unpaired) electrons. The van der Waals surface area contributed by atoms with E-state index in [0.717, 1.165) is 47.5 Å². The molecule has 52 heavy (non-hydrogen) atoms. The van der Waals surface area contributed by atoms with Crippen molar-refractivity contribution in [2.45, 2.75) is 32.7 Å². The number of fused-ring (bicyclic) bond motifs is 1. The van der Waals surface area contributed by atoms with E-state index in [1.165, 1.54) is 5.56 Å². The third-order valence-corrected chi connectivity index (χ3v) is 7.96. The largest absolute Gasteiger partial charge is 0.494 e. The SMILES string of the molecule is CCOC(=O)c1ccn2c(C(=O)c3ccc(OCCCNC(C)Cc4ccc(OC)c(OC)c4)cc3)c(-c3ccccc3)cc2c1.O=C(O)C(=O)O. The Balaban J connectivity index is 0.000000929. The van der Waals surface area contributed by atoms with Gasteiger partial charge in [0.2, 0.25) is 5.78 Å². The second-order valence-electron chi connectivity index (χ2n) is 11.6. The van der Waals surface area contributed by atoms with E-state index in [4.69, 9.17) is 38.7 Å². The van der Waals surface area contributed by atoms with Crippen LogP contribution in [-0.2, 0) is 20.7 Å². The minimum Gasteiger partial charge on any atom is -0.494 e. The van der Waals surface area contributed by atoms with Crippen LogP contribution in [0.5, 0.6) is 17.2 Å². The molecule has 12 heteroatoms. The number of pyridine rings is 1. The minimum absolute atomic E-state index is 0.123. The van der Waals surface area contributed by atoms with E-state index in [2.05, 4.69) is 18.3 Å². The van der Waals surface area contributed by atoms with E-state index in [0.29, 0.717) is 35.8 Å². The van der Waals surface area contributed by atoms with E-state index in [1.54, 1.807) is 51.6 Å². The van der Waals surface area contributed by atoms with Crippen LogP contribution >= 0.6 is 0 Å². The topological polar surface area (TPSA) is 162 Å². The molecule has 0 aliphatic rings. The first-order valence-electron chi connectivity index (χ1n) is 16.6. The van der Waals surface area contributed by atoms with Gasteiger partial charge >= 0.3 is 17.9 Å². The molecule has 5 aromatic rings. The second kappa shape index (κ2) is 18.7. The number of aromatic nitrogens is 1. The summed E-state index contributed by atoms with van der Waals surface area (Å²) in [5, 5.41) is 18.3. The third-order valence-electron chi connectivity index (χ3n) is 7.96. The van der Waals surface area contributed by atoms with Crippen LogP contribution in [0.15, 0.2) is 97.2 Å². The number of ether oxygens (including phenoxy) is 4. The van der Waals surface area contributed by atoms with Crippen molar-refractivity contribution in [1.29, 1.82) is 0 Å². The summed E-state index contributed by atoms with van der Waals surface area (Å²) >= 11 is 0. The standard InChI is InChI=1S/C38H40N2O6.C2H2O4/c1-5-45-38(42)30-18-20-40-31(24-30)25-33(28-10-7-6-8-11-28)36(40)37(41)29-13-15-32(16-14-29)46-21-9-19-39-26(2)22-27-12-17-34(43-3)35(23-27)44-4;3-1(4)2(5)6/h6-8,10-18,20,23-26,39H,5,9,19,21-22H2,1-4H3;(H,3,4)(H,5,6). The van der Waals surface area contributed by atoms with Gasteiger partial charge in [0.1, 0.15) is 11.4 Å². The summed E-state index contributed by atoms with van der Waals surface area (Å²) in [4.78, 5) is 44.5. The lowest BCUT2D eigenvalue weighted by Crippen LogP contribution is -2.29. The van der Waals surface area contributed by atoms with Crippen molar-refractivity contribution in [1.82, 2.24) is 9.72 Å². The number of rotatable bonds is 15. The number of hydrogen-bond acceptors (Lipinski definition) is 9. The summed E-state index contributed by atoms with van der Waals surface area (Å²) in [6.07, 6.45) is 3.45. The highest BCUT2D eigenvalue weighted by molar-refractivity contribution is 6.27. The van der Waals surface area contributed by atoms with E-state index < -0.39 is 17.9 Å². The Kier molecular flexibility index (Phi) is 13.9. The first kappa shape index (κ1) is 38.7. The molecule has 0 saturated carbocycles. The number of methoxy groups -OCH3 is 2. The maximum absolute atomic E-state index is 13.9. The smallest absolute Gasteiger partial charge is 0.414 e. The van der Waals surface area contributed by atoms with Crippen molar-refractivity contribution in [2.24, 2.45) is 0 Å². The van der Waals surface area contributed by atoms with Gasteiger partial charge in [-0.1, -0.05) is 36.4 Å². The summed E-state index contributed by atoms with van der Waals surface area (Å²) in [7, 11) is 3.28. The molecule has 0 fully saturated rings. The van der Waals surface area contributed by atoms with Crippen LogP contribution < -0.4 is 19.5 Å². The summed E-state index contributed by atoms with van der Waals surface area (Å²) in [5.74, 6) is -2.00. The average molecular weight is 711 g/mol. The lowest BCUT2D eigenvalue weighted by molar-refractivity contribution is -0.159. The van der Waals surface area contributed by atoms with Crippen molar-refractivity contribution in [2.75, 3.05) is 34.0 Å². The zero-order valence-corrected chi connectivity index (χ0v) is 29.5. The third kappa shape index (κ3) is 10.2. The van der Waals surface area contributed by atoms with Gasteiger partial charge in [0.05, 0.1) is 33.0 Å². The van der Waals surface area contributed by atoms with E-state index in [9.17, 15) is 9.59 Å². The number of esters is 1. The van der Waals surface area contributed by atoms with Gasteiger partial charge in [-0.25, -0.2) is 14.4 Å².